The van der Waals surface area contributed by atoms with Gasteiger partial charge in [0.05, 0.1) is 5.56 Å². The monoisotopic (exact) mass is 251 g/mol. The van der Waals surface area contributed by atoms with E-state index in [0.717, 1.165) is 0 Å². The fraction of sp³-hybridized carbons (Fsp3) is 0. The molecule has 16 heavy (non-hydrogen) atoms. The van der Waals surface area contributed by atoms with Crippen LogP contribution in [0.4, 0.5) is 0 Å². The highest BCUT2D eigenvalue weighted by molar-refractivity contribution is 6.31. The summed E-state index contributed by atoms with van der Waals surface area (Å²) in [4.78, 5) is 15.3. The Morgan fingerprint density at radius 1 is 1.06 bits per heavy atom. The highest BCUT2D eigenvalue weighted by Gasteiger charge is 2.07. The van der Waals surface area contributed by atoms with Crippen molar-refractivity contribution in [1.29, 1.82) is 5.26 Å². The molecule has 5 nitrogen and oxygen atoms in total. The predicted octanol–water partition coefficient (Wildman–Crippen LogP) is 2.11. The van der Waals surface area contributed by atoms with Crippen LogP contribution in [0.5, 0.6) is 0 Å². The third kappa shape index (κ3) is 2.24. The van der Waals surface area contributed by atoms with Gasteiger partial charge >= 0.3 is 0 Å². The zero-order valence-corrected chi connectivity index (χ0v) is 9.24. The summed E-state index contributed by atoms with van der Waals surface area (Å²) < 4.78 is 0. The van der Waals surface area contributed by atoms with Gasteiger partial charge in [0.15, 0.2) is 5.82 Å². The summed E-state index contributed by atoms with van der Waals surface area (Å²) in [6, 6.07) is 3.56. The third-order valence-electron chi connectivity index (χ3n) is 1.71. The predicted molar refractivity (Wildman–Crippen MR) is 57.8 cm³/mol. The smallest absolute Gasteiger partial charge is 0.227 e. The van der Waals surface area contributed by atoms with Crippen LogP contribution in [0.25, 0.3) is 11.4 Å². The van der Waals surface area contributed by atoms with Gasteiger partial charge in [0.2, 0.25) is 10.6 Å². The van der Waals surface area contributed by atoms with E-state index in [-0.39, 0.29) is 16.4 Å². The molecule has 0 saturated heterocycles. The fourth-order valence-electron chi connectivity index (χ4n) is 1.08. The minimum Gasteiger partial charge on any atom is -0.263 e. The zero-order chi connectivity index (χ0) is 11.5. The lowest BCUT2D eigenvalue weighted by molar-refractivity contribution is 1.05. The number of rotatable bonds is 1. The van der Waals surface area contributed by atoms with Crippen molar-refractivity contribution in [2.24, 2.45) is 0 Å². The molecule has 0 aliphatic heterocycles. The Hall–Kier alpha value is -1.77. The van der Waals surface area contributed by atoms with E-state index >= 15 is 0 Å². The summed E-state index contributed by atoms with van der Waals surface area (Å²) in [5, 5.41) is 8.72. The Bertz CT molecular complexity index is 558. The molecule has 0 aliphatic rings. The Balaban J connectivity index is 2.54. The molecule has 0 N–H and O–H groups in total. The summed E-state index contributed by atoms with van der Waals surface area (Å²) >= 11 is 11.3. The quantitative estimate of drug-likeness (QED) is 0.776. The Morgan fingerprint density at radius 2 is 1.75 bits per heavy atom. The molecule has 7 heteroatoms. The molecule has 0 fully saturated rings. The molecular weight excluding hydrogens is 249 g/mol. The van der Waals surface area contributed by atoms with Crippen molar-refractivity contribution >= 4 is 23.2 Å². The lowest BCUT2D eigenvalue weighted by Crippen LogP contribution is -1.94. The summed E-state index contributed by atoms with van der Waals surface area (Å²) in [5.74, 6) is 0.287. The molecule has 0 bridgehead atoms. The molecule has 2 rings (SSSR count). The van der Waals surface area contributed by atoms with Crippen LogP contribution in [0.15, 0.2) is 18.5 Å². The van der Waals surface area contributed by atoms with Gasteiger partial charge in [0.25, 0.3) is 0 Å². The van der Waals surface area contributed by atoms with E-state index < -0.39 is 0 Å². The molecule has 0 aliphatic carbocycles. The van der Waals surface area contributed by atoms with Crippen molar-refractivity contribution < 1.29 is 0 Å². The van der Waals surface area contributed by atoms with Gasteiger partial charge in [-0.05, 0) is 29.3 Å². The molecule has 78 valence electrons. The van der Waals surface area contributed by atoms with Gasteiger partial charge in [-0.2, -0.15) is 20.2 Å². The molecule has 2 aromatic heterocycles. The number of hydrogen-bond donors (Lipinski definition) is 0. The average molecular weight is 252 g/mol. The van der Waals surface area contributed by atoms with Crippen molar-refractivity contribution in [1.82, 2.24) is 19.9 Å². The number of nitriles is 1. The Labute approximate surface area is 101 Å². The van der Waals surface area contributed by atoms with Crippen LogP contribution in [-0.4, -0.2) is 19.9 Å². The molecular formula is C9H3Cl2N5. The number of pyridine rings is 1. The van der Waals surface area contributed by atoms with Crippen molar-refractivity contribution in [3.05, 3.63) is 34.6 Å². The third-order valence-corrected chi connectivity index (χ3v) is 2.04. The van der Waals surface area contributed by atoms with Gasteiger partial charge in [0.1, 0.15) is 6.07 Å². The van der Waals surface area contributed by atoms with Gasteiger partial charge in [-0.3, -0.25) is 4.98 Å². The molecule has 2 aromatic rings. The Morgan fingerprint density at radius 3 is 2.38 bits per heavy atom. The summed E-state index contributed by atoms with van der Waals surface area (Å²) in [7, 11) is 0. The molecule has 0 amide bonds. The van der Waals surface area contributed by atoms with Gasteiger partial charge in [0, 0.05) is 18.0 Å². The second kappa shape index (κ2) is 4.39. The molecule has 0 saturated carbocycles. The summed E-state index contributed by atoms with van der Waals surface area (Å²) in [6.45, 7) is 0. The first-order valence-corrected chi connectivity index (χ1v) is 4.87. The minimum absolute atomic E-state index is 0.00244. The first kappa shape index (κ1) is 10.7. The van der Waals surface area contributed by atoms with Gasteiger partial charge in [-0.1, -0.05) is 0 Å². The van der Waals surface area contributed by atoms with Crippen LogP contribution in [0.2, 0.25) is 10.6 Å². The average Bonchev–Trinajstić information content (AvgIpc) is 2.28. The van der Waals surface area contributed by atoms with Gasteiger partial charge in [-0.25, -0.2) is 0 Å². The number of halogens is 2. The van der Waals surface area contributed by atoms with E-state index in [1.807, 2.05) is 6.07 Å². The van der Waals surface area contributed by atoms with E-state index in [1.54, 1.807) is 6.07 Å². The second-order valence-electron chi connectivity index (χ2n) is 2.77. The van der Waals surface area contributed by atoms with E-state index in [2.05, 4.69) is 19.9 Å². The maximum Gasteiger partial charge on any atom is 0.227 e. The lowest BCUT2D eigenvalue weighted by Gasteiger charge is -2.00. The van der Waals surface area contributed by atoms with Gasteiger partial charge < -0.3 is 0 Å². The number of aromatic nitrogens is 4. The SMILES string of the molecule is N#Cc1cncc(-c2nc(Cl)nc(Cl)n2)c1. The maximum absolute atomic E-state index is 8.72. The van der Waals surface area contributed by atoms with Crippen molar-refractivity contribution in [3.8, 4) is 17.5 Å². The molecule has 0 atom stereocenters. The first-order chi connectivity index (χ1) is 7.69. The first-order valence-electron chi connectivity index (χ1n) is 4.11. The fourth-order valence-corrected chi connectivity index (χ4v) is 1.44. The number of hydrogen-bond acceptors (Lipinski definition) is 5. The molecule has 0 unspecified atom stereocenters. The molecule has 0 spiro atoms. The van der Waals surface area contributed by atoms with Crippen LogP contribution < -0.4 is 0 Å². The number of nitrogens with zero attached hydrogens (tertiary/aromatic N) is 5. The van der Waals surface area contributed by atoms with Crippen molar-refractivity contribution in [2.45, 2.75) is 0 Å². The summed E-state index contributed by atoms with van der Waals surface area (Å²) in [5.41, 5.74) is 0.968. The Kier molecular flexibility index (Phi) is 2.95. The normalized spacial score (nSPS) is 9.81. The summed E-state index contributed by atoms with van der Waals surface area (Å²) in [6.07, 6.45) is 2.96. The van der Waals surface area contributed by atoms with Gasteiger partial charge in [-0.15, -0.1) is 0 Å². The van der Waals surface area contributed by atoms with E-state index in [9.17, 15) is 0 Å². The standard InChI is InChI=1S/C9H3Cl2N5/c10-8-14-7(15-9(11)16-8)6-1-5(2-12)3-13-4-6/h1,3-4H. The van der Waals surface area contributed by atoms with Crippen LogP contribution in [-0.2, 0) is 0 Å². The molecule has 0 radical (unpaired) electrons. The van der Waals surface area contributed by atoms with E-state index in [4.69, 9.17) is 28.5 Å². The second-order valence-corrected chi connectivity index (χ2v) is 3.45. The zero-order valence-electron chi connectivity index (χ0n) is 7.72. The minimum atomic E-state index is -0.00244. The van der Waals surface area contributed by atoms with Crippen LogP contribution in [0, 0.1) is 11.3 Å². The lowest BCUT2D eigenvalue weighted by atomic mass is 10.2. The largest absolute Gasteiger partial charge is 0.263 e. The van der Waals surface area contributed by atoms with Crippen LogP contribution in [0.3, 0.4) is 0 Å². The highest BCUT2D eigenvalue weighted by Crippen LogP contribution is 2.17. The van der Waals surface area contributed by atoms with Crippen molar-refractivity contribution in [3.63, 3.8) is 0 Å². The maximum atomic E-state index is 8.72. The van der Waals surface area contributed by atoms with Crippen LogP contribution in [0.1, 0.15) is 5.56 Å². The van der Waals surface area contributed by atoms with Crippen LogP contribution >= 0.6 is 23.2 Å². The van der Waals surface area contributed by atoms with E-state index in [0.29, 0.717) is 11.1 Å². The topological polar surface area (TPSA) is 75.3 Å². The van der Waals surface area contributed by atoms with Crippen molar-refractivity contribution in [2.75, 3.05) is 0 Å². The van der Waals surface area contributed by atoms with E-state index in [1.165, 1.54) is 12.4 Å². The molecule has 0 aromatic carbocycles. The highest BCUT2D eigenvalue weighted by atomic mass is 35.5. The molecule has 2 heterocycles.